The number of piperazine rings is 1. The third-order valence-electron chi connectivity index (χ3n) is 2.33. The molecule has 1 aromatic rings. The lowest BCUT2D eigenvalue weighted by Crippen LogP contribution is -2.53. The number of nitrogens with zero attached hydrogens (tertiary/aromatic N) is 1. The van der Waals surface area contributed by atoms with Crippen molar-refractivity contribution in [3.05, 3.63) is 29.8 Å². The van der Waals surface area contributed by atoms with Gasteiger partial charge in [-0.05, 0) is 18.2 Å². The van der Waals surface area contributed by atoms with Gasteiger partial charge in [-0.2, -0.15) is 0 Å². The van der Waals surface area contributed by atoms with E-state index in [0.717, 1.165) is 4.90 Å². The molecule has 1 fully saturated rings. The summed E-state index contributed by atoms with van der Waals surface area (Å²) in [5.74, 6) is -1.50. The minimum atomic E-state index is -0.505. The fraction of sp³-hybridized carbons (Fsp3) is 0.182. The molecule has 0 bridgehead atoms. The molecule has 0 atom stereocenters. The van der Waals surface area contributed by atoms with Crippen LogP contribution in [-0.4, -0.2) is 40.8 Å². The molecule has 1 heterocycles. The zero-order chi connectivity index (χ0) is 12.4. The van der Waals surface area contributed by atoms with Crippen LogP contribution in [0.2, 0.25) is 0 Å². The van der Waals surface area contributed by atoms with E-state index in [2.05, 4.69) is 5.32 Å². The van der Waals surface area contributed by atoms with Crippen LogP contribution < -0.4 is 5.32 Å². The van der Waals surface area contributed by atoms with Crippen LogP contribution in [0.25, 0.3) is 0 Å². The van der Waals surface area contributed by atoms with Crippen molar-refractivity contribution < 1.29 is 19.5 Å². The topological polar surface area (TPSA) is 86.7 Å². The second-order valence-electron chi connectivity index (χ2n) is 3.68. The summed E-state index contributed by atoms with van der Waals surface area (Å²) < 4.78 is 0. The summed E-state index contributed by atoms with van der Waals surface area (Å²) in [5, 5.41) is 11.4. The number of hydrogen-bond acceptors (Lipinski definition) is 4. The third kappa shape index (κ3) is 2.41. The van der Waals surface area contributed by atoms with E-state index in [0.29, 0.717) is 0 Å². The normalized spacial score (nSPS) is 15.6. The Morgan fingerprint density at radius 1 is 1.24 bits per heavy atom. The number of carbonyl (C=O) groups is 3. The molecule has 1 aromatic carbocycles. The van der Waals surface area contributed by atoms with E-state index < -0.39 is 17.7 Å². The number of aromatic hydroxyl groups is 1. The van der Waals surface area contributed by atoms with Gasteiger partial charge in [0.05, 0.1) is 0 Å². The molecular formula is C11H10N2O4. The van der Waals surface area contributed by atoms with E-state index in [1.165, 1.54) is 24.3 Å². The molecule has 0 aliphatic carbocycles. The van der Waals surface area contributed by atoms with Crippen LogP contribution in [0.15, 0.2) is 24.3 Å². The van der Waals surface area contributed by atoms with Gasteiger partial charge in [0.25, 0.3) is 5.91 Å². The van der Waals surface area contributed by atoms with Gasteiger partial charge >= 0.3 is 0 Å². The van der Waals surface area contributed by atoms with Crippen LogP contribution in [-0.2, 0) is 9.59 Å². The van der Waals surface area contributed by atoms with Gasteiger partial charge in [-0.1, -0.05) is 6.07 Å². The molecule has 0 unspecified atom stereocenters. The average Bonchev–Trinajstić information content (AvgIpc) is 2.26. The molecule has 3 amide bonds. The SMILES string of the molecule is O=C1CN(C(=O)c2cccc(O)c2)CC(=O)N1. The molecular weight excluding hydrogens is 224 g/mol. The van der Waals surface area contributed by atoms with E-state index in [1.54, 1.807) is 0 Å². The fourth-order valence-corrected chi connectivity index (χ4v) is 1.60. The lowest BCUT2D eigenvalue weighted by atomic mass is 10.1. The second kappa shape index (κ2) is 4.25. The van der Waals surface area contributed by atoms with Crippen LogP contribution >= 0.6 is 0 Å². The summed E-state index contributed by atoms with van der Waals surface area (Å²) in [6.45, 7) is -0.305. The lowest BCUT2D eigenvalue weighted by Gasteiger charge is -2.25. The van der Waals surface area contributed by atoms with E-state index in [1.807, 2.05) is 0 Å². The highest BCUT2D eigenvalue weighted by Gasteiger charge is 2.27. The molecule has 6 nitrogen and oxygen atoms in total. The highest BCUT2D eigenvalue weighted by atomic mass is 16.3. The largest absolute Gasteiger partial charge is 0.508 e. The van der Waals surface area contributed by atoms with Crippen molar-refractivity contribution >= 4 is 17.7 Å². The summed E-state index contributed by atoms with van der Waals surface area (Å²) in [7, 11) is 0. The predicted octanol–water partition coefficient (Wildman–Crippen LogP) is -0.509. The van der Waals surface area contributed by atoms with Gasteiger partial charge in [0.15, 0.2) is 0 Å². The van der Waals surface area contributed by atoms with E-state index >= 15 is 0 Å². The average molecular weight is 234 g/mol. The van der Waals surface area contributed by atoms with Crippen LogP contribution in [0.4, 0.5) is 0 Å². The number of rotatable bonds is 1. The highest BCUT2D eigenvalue weighted by molar-refractivity contribution is 6.05. The summed E-state index contributed by atoms with van der Waals surface area (Å²) in [6, 6.07) is 5.76. The van der Waals surface area contributed by atoms with Gasteiger partial charge in [0.2, 0.25) is 11.8 Å². The van der Waals surface area contributed by atoms with Gasteiger partial charge in [-0.25, -0.2) is 0 Å². The Morgan fingerprint density at radius 3 is 2.47 bits per heavy atom. The summed E-state index contributed by atoms with van der Waals surface area (Å²) in [4.78, 5) is 35.3. The standard InChI is InChI=1S/C11H10N2O4/c14-8-3-1-2-7(4-8)11(17)13-5-9(15)12-10(16)6-13/h1-4,14H,5-6H2,(H,12,15,16). The molecule has 0 radical (unpaired) electrons. The van der Waals surface area contributed by atoms with Crippen molar-refractivity contribution in [1.82, 2.24) is 10.2 Å². The van der Waals surface area contributed by atoms with Crippen molar-refractivity contribution in [2.45, 2.75) is 0 Å². The van der Waals surface area contributed by atoms with Gasteiger partial charge in [0.1, 0.15) is 18.8 Å². The Balaban J connectivity index is 2.20. The monoisotopic (exact) mass is 234 g/mol. The minimum Gasteiger partial charge on any atom is -0.508 e. The molecule has 88 valence electrons. The van der Waals surface area contributed by atoms with Crippen molar-refractivity contribution in [3.8, 4) is 5.75 Å². The molecule has 17 heavy (non-hydrogen) atoms. The number of amides is 3. The van der Waals surface area contributed by atoms with Crippen LogP contribution in [0.1, 0.15) is 10.4 Å². The van der Waals surface area contributed by atoms with Gasteiger partial charge < -0.3 is 10.0 Å². The van der Waals surface area contributed by atoms with E-state index in [-0.39, 0.29) is 24.4 Å². The highest BCUT2D eigenvalue weighted by Crippen LogP contribution is 2.13. The summed E-state index contributed by atoms with van der Waals surface area (Å²) >= 11 is 0. The molecule has 1 aliphatic heterocycles. The van der Waals surface area contributed by atoms with Crippen molar-refractivity contribution in [2.24, 2.45) is 0 Å². The van der Waals surface area contributed by atoms with E-state index in [9.17, 15) is 19.5 Å². The van der Waals surface area contributed by atoms with Crippen LogP contribution in [0.3, 0.4) is 0 Å². The van der Waals surface area contributed by atoms with Crippen molar-refractivity contribution in [1.29, 1.82) is 0 Å². The lowest BCUT2D eigenvalue weighted by molar-refractivity contribution is -0.135. The third-order valence-corrected chi connectivity index (χ3v) is 2.33. The summed E-state index contributed by atoms with van der Waals surface area (Å²) in [5.41, 5.74) is 0.243. The molecule has 0 spiro atoms. The zero-order valence-corrected chi connectivity index (χ0v) is 8.84. The molecule has 6 heteroatoms. The number of benzene rings is 1. The number of phenols is 1. The summed E-state index contributed by atoms with van der Waals surface area (Å²) in [6.07, 6.45) is 0. The maximum atomic E-state index is 11.9. The maximum absolute atomic E-state index is 11.9. The first-order valence-corrected chi connectivity index (χ1v) is 4.97. The molecule has 1 aliphatic rings. The fourth-order valence-electron chi connectivity index (χ4n) is 1.60. The quantitative estimate of drug-likeness (QED) is 0.641. The number of imide groups is 1. The van der Waals surface area contributed by atoms with Crippen LogP contribution in [0.5, 0.6) is 5.75 Å². The predicted molar refractivity (Wildman–Crippen MR) is 57.2 cm³/mol. The minimum absolute atomic E-state index is 0.0383. The Morgan fingerprint density at radius 2 is 1.88 bits per heavy atom. The Labute approximate surface area is 96.8 Å². The Bertz CT molecular complexity index is 482. The van der Waals surface area contributed by atoms with Crippen LogP contribution in [0, 0.1) is 0 Å². The zero-order valence-electron chi connectivity index (χ0n) is 8.84. The molecule has 2 rings (SSSR count). The Kier molecular flexibility index (Phi) is 2.78. The molecule has 2 N–H and O–H groups in total. The smallest absolute Gasteiger partial charge is 0.254 e. The van der Waals surface area contributed by atoms with Gasteiger partial charge in [-0.15, -0.1) is 0 Å². The van der Waals surface area contributed by atoms with Crippen molar-refractivity contribution in [3.63, 3.8) is 0 Å². The first-order chi connectivity index (χ1) is 8.06. The van der Waals surface area contributed by atoms with Gasteiger partial charge in [0, 0.05) is 5.56 Å². The molecule has 0 saturated carbocycles. The number of carbonyl (C=O) groups excluding carboxylic acids is 3. The first-order valence-electron chi connectivity index (χ1n) is 4.97. The molecule has 1 saturated heterocycles. The maximum Gasteiger partial charge on any atom is 0.254 e. The molecule has 0 aromatic heterocycles. The number of hydrogen-bond donors (Lipinski definition) is 2. The first kappa shape index (κ1) is 11.1. The number of nitrogens with one attached hydrogen (secondary N) is 1. The number of phenolic OH excluding ortho intramolecular Hbond substituents is 1. The van der Waals surface area contributed by atoms with Gasteiger partial charge in [-0.3, -0.25) is 19.7 Å². The Hall–Kier alpha value is -2.37. The second-order valence-corrected chi connectivity index (χ2v) is 3.68. The van der Waals surface area contributed by atoms with Crippen molar-refractivity contribution in [2.75, 3.05) is 13.1 Å². The van der Waals surface area contributed by atoms with E-state index in [4.69, 9.17) is 0 Å².